The molecule has 2 aromatic rings. The molecule has 0 bridgehead atoms. The van der Waals surface area contributed by atoms with Gasteiger partial charge in [-0.1, -0.05) is 55.8 Å². The third-order valence-electron chi connectivity index (χ3n) is 4.60. The van der Waals surface area contributed by atoms with Crippen LogP contribution < -0.4 is 5.32 Å². The Morgan fingerprint density at radius 3 is 2.36 bits per heavy atom. The molecule has 7 heteroatoms. The topological polar surface area (TPSA) is 66.5 Å². The molecule has 1 amide bonds. The van der Waals surface area contributed by atoms with Crippen LogP contribution in [0, 0.1) is 0 Å². The molecule has 5 nitrogen and oxygen atoms in total. The third-order valence-corrected chi connectivity index (χ3v) is 7.13. The van der Waals surface area contributed by atoms with Crippen molar-refractivity contribution >= 4 is 27.5 Å². The number of hydrogen-bond donors (Lipinski definition) is 1. The SMILES string of the molecule is CCN(CC)S(=O)(=O)c1cc(C(=O)N[C@H](C)CCc2ccccc2)ccc1Cl. The van der Waals surface area contributed by atoms with Gasteiger partial charge in [-0.05, 0) is 43.5 Å². The monoisotopic (exact) mass is 422 g/mol. The largest absolute Gasteiger partial charge is 0.350 e. The Morgan fingerprint density at radius 1 is 1.11 bits per heavy atom. The fourth-order valence-corrected chi connectivity index (χ4v) is 4.91. The van der Waals surface area contributed by atoms with Gasteiger partial charge in [0.1, 0.15) is 4.90 Å². The van der Waals surface area contributed by atoms with Crippen molar-refractivity contribution in [2.45, 2.75) is 44.6 Å². The zero-order valence-electron chi connectivity index (χ0n) is 16.5. The molecule has 0 aliphatic heterocycles. The Bertz CT molecular complexity index is 897. The smallest absolute Gasteiger partial charge is 0.251 e. The highest BCUT2D eigenvalue weighted by molar-refractivity contribution is 7.89. The van der Waals surface area contributed by atoms with E-state index in [-0.39, 0.29) is 27.4 Å². The quantitative estimate of drug-likeness (QED) is 0.660. The number of nitrogens with zero attached hydrogens (tertiary/aromatic N) is 1. The summed E-state index contributed by atoms with van der Waals surface area (Å²) in [5.74, 6) is -0.312. The Kier molecular flexibility index (Phi) is 8.04. The second-order valence-corrected chi connectivity index (χ2v) is 8.95. The van der Waals surface area contributed by atoms with Gasteiger partial charge in [0.25, 0.3) is 5.91 Å². The lowest BCUT2D eigenvalue weighted by Crippen LogP contribution is -2.33. The number of amides is 1. The van der Waals surface area contributed by atoms with E-state index in [2.05, 4.69) is 17.4 Å². The van der Waals surface area contributed by atoms with Crippen LogP contribution in [-0.2, 0) is 16.4 Å². The summed E-state index contributed by atoms with van der Waals surface area (Å²) in [6, 6.07) is 14.4. The van der Waals surface area contributed by atoms with Crippen LogP contribution in [0.15, 0.2) is 53.4 Å². The molecular weight excluding hydrogens is 396 g/mol. The summed E-state index contributed by atoms with van der Waals surface area (Å²) in [5, 5.41) is 3.04. The summed E-state index contributed by atoms with van der Waals surface area (Å²) >= 11 is 6.13. The maximum atomic E-state index is 12.8. The summed E-state index contributed by atoms with van der Waals surface area (Å²) in [5.41, 5.74) is 1.49. The molecule has 0 unspecified atom stereocenters. The maximum Gasteiger partial charge on any atom is 0.251 e. The van der Waals surface area contributed by atoms with E-state index in [9.17, 15) is 13.2 Å². The first-order chi connectivity index (χ1) is 13.3. The first-order valence-corrected chi connectivity index (χ1v) is 11.3. The van der Waals surface area contributed by atoms with Crippen molar-refractivity contribution < 1.29 is 13.2 Å². The summed E-state index contributed by atoms with van der Waals surface area (Å²) in [4.78, 5) is 12.6. The van der Waals surface area contributed by atoms with E-state index in [1.54, 1.807) is 19.9 Å². The fourth-order valence-electron chi connectivity index (χ4n) is 2.95. The first-order valence-electron chi connectivity index (χ1n) is 9.44. The molecule has 0 aliphatic rings. The van der Waals surface area contributed by atoms with Gasteiger partial charge >= 0.3 is 0 Å². The first kappa shape index (κ1) is 22.4. The molecule has 2 aromatic carbocycles. The summed E-state index contributed by atoms with van der Waals surface area (Å²) in [7, 11) is -3.74. The zero-order chi connectivity index (χ0) is 20.7. The zero-order valence-corrected chi connectivity index (χ0v) is 18.1. The molecule has 0 radical (unpaired) electrons. The van der Waals surface area contributed by atoms with Gasteiger partial charge in [-0.2, -0.15) is 4.31 Å². The van der Waals surface area contributed by atoms with Crippen molar-refractivity contribution in [1.82, 2.24) is 9.62 Å². The van der Waals surface area contributed by atoms with Crippen LogP contribution in [-0.4, -0.2) is 37.8 Å². The van der Waals surface area contributed by atoms with Gasteiger partial charge in [0, 0.05) is 24.7 Å². The van der Waals surface area contributed by atoms with Gasteiger partial charge in [0.05, 0.1) is 5.02 Å². The number of hydrogen-bond acceptors (Lipinski definition) is 3. The van der Waals surface area contributed by atoms with E-state index in [0.29, 0.717) is 13.1 Å². The van der Waals surface area contributed by atoms with Crippen LogP contribution in [0.2, 0.25) is 5.02 Å². The minimum atomic E-state index is -3.74. The van der Waals surface area contributed by atoms with E-state index < -0.39 is 10.0 Å². The number of aryl methyl sites for hydroxylation is 1. The molecule has 1 N–H and O–H groups in total. The lowest BCUT2D eigenvalue weighted by Gasteiger charge is -2.20. The predicted molar refractivity (Wildman–Crippen MR) is 113 cm³/mol. The second kappa shape index (κ2) is 10.0. The molecule has 0 heterocycles. The van der Waals surface area contributed by atoms with Crippen LogP contribution in [0.4, 0.5) is 0 Å². The van der Waals surface area contributed by atoms with Crippen molar-refractivity contribution in [3.63, 3.8) is 0 Å². The van der Waals surface area contributed by atoms with Gasteiger partial charge in [-0.3, -0.25) is 4.79 Å². The number of carbonyl (C=O) groups is 1. The minimum absolute atomic E-state index is 0.0394. The van der Waals surface area contributed by atoms with E-state index in [1.807, 2.05) is 25.1 Å². The van der Waals surface area contributed by atoms with E-state index in [4.69, 9.17) is 11.6 Å². The fraction of sp³-hybridized carbons (Fsp3) is 0.381. The normalized spacial score (nSPS) is 12.8. The van der Waals surface area contributed by atoms with Gasteiger partial charge in [-0.15, -0.1) is 0 Å². The van der Waals surface area contributed by atoms with Gasteiger partial charge < -0.3 is 5.32 Å². The number of rotatable bonds is 9. The Balaban J connectivity index is 2.11. The average Bonchev–Trinajstić information content (AvgIpc) is 2.68. The highest BCUT2D eigenvalue weighted by Gasteiger charge is 2.25. The predicted octanol–water partition coefficient (Wildman–Crippen LogP) is 4.12. The lowest BCUT2D eigenvalue weighted by atomic mass is 10.1. The number of nitrogens with one attached hydrogen (secondary N) is 1. The molecular formula is C21H27ClN2O3S. The van der Waals surface area contributed by atoms with Gasteiger partial charge in [0.15, 0.2) is 0 Å². The van der Waals surface area contributed by atoms with Crippen molar-refractivity contribution in [3.8, 4) is 0 Å². The third kappa shape index (κ3) is 5.56. The molecule has 0 aliphatic carbocycles. The summed E-state index contributed by atoms with van der Waals surface area (Å²) in [6.45, 7) is 6.13. The van der Waals surface area contributed by atoms with E-state index in [0.717, 1.165) is 12.8 Å². The molecule has 0 saturated carbocycles. The molecule has 1 atom stereocenters. The average molecular weight is 423 g/mol. The molecule has 2 rings (SSSR count). The van der Waals surface area contributed by atoms with Crippen molar-refractivity contribution in [1.29, 1.82) is 0 Å². The number of benzene rings is 2. The van der Waals surface area contributed by atoms with Gasteiger partial charge in [-0.25, -0.2) is 8.42 Å². The standard InChI is InChI=1S/C21H27ClN2O3S/c1-4-24(5-2)28(26,27)20-15-18(13-14-19(20)22)21(25)23-16(3)11-12-17-9-7-6-8-10-17/h6-10,13-16H,4-5,11-12H2,1-3H3,(H,23,25)/t16-/m1/s1. The molecule has 0 aromatic heterocycles. The van der Waals surface area contributed by atoms with Crippen LogP contribution in [0.3, 0.4) is 0 Å². The molecule has 152 valence electrons. The highest BCUT2D eigenvalue weighted by atomic mass is 35.5. The minimum Gasteiger partial charge on any atom is -0.350 e. The highest BCUT2D eigenvalue weighted by Crippen LogP contribution is 2.26. The molecule has 0 spiro atoms. The van der Waals surface area contributed by atoms with Crippen LogP contribution >= 0.6 is 11.6 Å². The number of carbonyl (C=O) groups excluding carboxylic acids is 1. The molecule has 0 fully saturated rings. The molecule has 28 heavy (non-hydrogen) atoms. The number of halogens is 1. The van der Waals surface area contributed by atoms with Crippen LogP contribution in [0.1, 0.15) is 43.1 Å². The Hall–Kier alpha value is -1.89. The lowest BCUT2D eigenvalue weighted by molar-refractivity contribution is 0.0938. The van der Waals surface area contributed by atoms with Crippen LogP contribution in [0.5, 0.6) is 0 Å². The Morgan fingerprint density at radius 2 is 1.75 bits per heavy atom. The number of sulfonamides is 1. The van der Waals surface area contributed by atoms with Crippen molar-refractivity contribution in [2.75, 3.05) is 13.1 Å². The molecule has 0 saturated heterocycles. The Labute approximate surface area is 172 Å². The van der Waals surface area contributed by atoms with E-state index >= 15 is 0 Å². The van der Waals surface area contributed by atoms with Crippen LogP contribution in [0.25, 0.3) is 0 Å². The van der Waals surface area contributed by atoms with Gasteiger partial charge in [0.2, 0.25) is 10.0 Å². The summed E-state index contributed by atoms with van der Waals surface area (Å²) in [6.07, 6.45) is 1.64. The van der Waals surface area contributed by atoms with Crippen molar-refractivity contribution in [2.24, 2.45) is 0 Å². The second-order valence-electron chi connectivity index (χ2n) is 6.63. The maximum absolute atomic E-state index is 12.8. The van der Waals surface area contributed by atoms with Crippen molar-refractivity contribution in [3.05, 3.63) is 64.7 Å². The van der Waals surface area contributed by atoms with E-state index in [1.165, 1.54) is 22.0 Å². The summed E-state index contributed by atoms with van der Waals surface area (Å²) < 4.78 is 26.9.